The van der Waals surface area contributed by atoms with Gasteiger partial charge >= 0.3 is 6.03 Å². The Hall–Kier alpha value is -2.96. The number of amides is 3. The third kappa shape index (κ3) is 3.68. The van der Waals surface area contributed by atoms with Crippen molar-refractivity contribution < 1.29 is 14.0 Å². The van der Waals surface area contributed by atoms with Crippen molar-refractivity contribution in [2.45, 2.75) is 12.8 Å². The topological polar surface area (TPSA) is 74.3 Å². The largest absolute Gasteiger partial charge is 0.325 e. The van der Waals surface area contributed by atoms with Crippen LogP contribution in [-0.2, 0) is 0 Å². The summed E-state index contributed by atoms with van der Waals surface area (Å²) in [6, 6.07) is 6.68. The van der Waals surface area contributed by atoms with Crippen LogP contribution in [0, 0.1) is 5.82 Å². The number of anilines is 2. The predicted octanol–water partition coefficient (Wildman–Crippen LogP) is 3.10. The van der Waals surface area contributed by atoms with E-state index in [1.807, 2.05) is 0 Å². The van der Waals surface area contributed by atoms with Gasteiger partial charge in [-0.15, -0.1) is 0 Å². The average Bonchev–Trinajstić information content (AvgIpc) is 3.12. The molecule has 0 unspecified atom stereocenters. The van der Waals surface area contributed by atoms with Gasteiger partial charge in [-0.25, -0.2) is 9.18 Å². The van der Waals surface area contributed by atoms with Crippen molar-refractivity contribution >= 4 is 23.3 Å². The molecule has 3 amide bonds. The number of rotatable bonds is 3. The van der Waals surface area contributed by atoms with Crippen molar-refractivity contribution in [1.29, 1.82) is 0 Å². The molecular formula is C17H17FN4O2. The average molecular weight is 328 g/mol. The van der Waals surface area contributed by atoms with Crippen molar-refractivity contribution in [3.05, 3.63) is 54.1 Å². The van der Waals surface area contributed by atoms with Crippen LogP contribution in [0.3, 0.4) is 0 Å². The van der Waals surface area contributed by atoms with Gasteiger partial charge in [-0.2, -0.15) is 0 Å². The van der Waals surface area contributed by atoms with E-state index in [4.69, 9.17) is 0 Å². The number of pyridine rings is 1. The fraction of sp³-hybridized carbons (Fsp3) is 0.235. The minimum atomic E-state index is -0.547. The number of hydrogen-bond donors (Lipinski definition) is 2. The molecule has 1 fully saturated rings. The van der Waals surface area contributed by atoms with E-state index in [0.29, 0.717) is 18.8 Å². The summed E-state index contributed by atoms with van der Waals surface area (Å²) in [7, 11) is 0. The van der Waals surface area contributed by atoms with Crippen LogP contribution in [0.25, 0.3) is 0 Å². The summed E-state index contributed by atoms with van der Waals surface area (Å²) < 4.78 is 13.6. The number of urea groups is 1. The number of hydrogen-bond acceptors (Lipinski definition) is 3. The summed E-state index contributed by atoms with van der Waals surface area (Å²) in [5.74, 6) is -1.05. The first-order chi connectivity index (χ1) is 11.6. The lowest BCUT2D eigenvalue weighted by Gasteiger charge is -2.18. The maximum atomic E-state index is 13.6. The Kier molecular flexibility index (Phi) is 4.69. The van der Waals surface area contributed by atoms with Gasteiger partial charge in [-0.1, -0.05) is 0 Å². The quantitative estimate of drug-likeness (QED) is 0.909. The molecule has 24 heavy (non-hydrogen) atoms. The smallest absolute Gasteiger partial charge is 0.321 e. The molecule has 3 rings (SSSR count). The van der Waals surface area contributed by atoms with E-state index in [9.17, 15) is 14.0 Å². The summed E-state index contributed by atoms with van der Waals surface area (Å²) in [5.41, 5.74) is 0.885. The van der Waals surface area contributed by atoms with Gasteiger partial charge in [-0.3, -0.25) is 9.78 Å². The molecule has 1 aliphatic heterocycles. The van der Waals surface area contributed by atoms with Crippen molar-refractivity contribution in [2.24, 2.45) is 0 Å². The molecule has 1 aromatic carbocycles. The Morgan fingerprint density at radius 3 is 2.46 bits per heavy atom. The Labute approximate surface area is 138 Å². The molecule has 0 spiro atoms. The zero-order valence-corrected chi connectivity index (χ0v) is 13.0. The molecular weight excluding hydrogens is 311 g/mol. The van der Waals surface area contributed by atoms with Gasteiger partial charge in [0.15, 0.2) is 0 Å². The Balaban J connectivity index is 1.79. The van der Waals surface area contributed by atoms with Crippen LogP contribution in [0.4, 0.5) is 20.6 Å². The van der Waals surface area contributed by atoms with E-state index in [0.717, 1.165) is 18.9 Å². The van der Waals surface area contributed by atoms with Crippen LogP contribution in [0.1, 0.15) is 23.2 Å². The summed E-state index contributed by atoms with van der Waals surface area (Å²) >= 11 is 0. The molecule has 0 radical (unpaired) electrons. The van der Waals surface area contributed by atoms with E-state index in [2.05, 4.69) is 15.6 Å². The fourth-order valence-corrected chi connectivity index (χ4v) is 2.56. The lowest BCUT2D eigenvalue weighted by molar-refractivity contribution is 0.102. The first-order valence-electron chi connectivity index (χ1n) is 7.70. The molecule has 0 atom stereocenters. The van der Waals surface area contributed by atoms with Gasteiger partial charge in [0, 0.05) is 31.2 Å². The van der Waals surface area contributed by atoms with E-state index in [1.165, 1.54) is 24.5 Å². The predicted molar refractivity (Wildman–Crippen MR) is 88.4 cm³/mol. The number of likely N-dealkylation sites (tertiary alicyclic amines) is 1. The summed E-state index contributed by atoms with van der Waals surface area (Å²) in [6.07, 6.45) is 5.01. The van der Waals surface area contributed by atoms with Crippen LogP contribution in [0.5, 0.6) is 0 Å². The fourth-order valence-electron chi connectivity index (χ4n) is 2.56. The van der Waals surface area contributed by atoms with Gasteiger partial charge < -0.3 is 15.5 Å². The van der Waals surface area contributed by atoms with Gasteiger partial charge in [0.2, 0.25) is 0 Å². The van der Waals surface area contributed by atoms with Crippen molar-refractivity contribution in [2.75, 3.05) is 23.7 Å². The molecule has 7 heteroatoms. The second-order valence-electron chi connectivity index (χ2n) is 5.50. The number of halogens is 1. The summed E-state index contributed by atoms with van der Waals surface area (Å²) in [4.78, 5) is 30.2. The number of aromatic nitrogens is 1. The minimum absolute atomic E-state index is 0.0689. The third-order valence-electron chi connectivity index (χ3n) is 3.80. The highest BCUT2D eigenvalue weighted by Crippen LogP contribution is 2.20. The lowest BCUT2D eigenvalue weighted by atomic mass is 10.1. The Morgan fingerprint density at radius 1 is 1.04 bits per heavy atom. The van der Waals surface area contributed by atoms with Crippen LogP contribution in [0.15, 0.2) is 42.7 Å². The first-order valence-corrected chi connectivity index (χ1v) is 7.70. The summed E-state index contributed by atoms with van der Waals surface area (Å²) in [5, 5.41) is 5.35. The highest BCUT2D eigenvalue weighted by Gasteiger charge is 2.20. The molecule has 6 nitrogen and oxygen atoms in total. The van der Waals surface area contributed by atoms with Gasteiger partial charge in [0.1, 0.15) is 5.82 Å². The van der Waals surface area contributed by atoms with Gasteiger partial charge in [0.05, 0.1) is 11.3 Å². The number of nitrogens with zero attached hydrogens (tertiary/aromatic N) is 2. The first kappa shape index (κ1) is 15.9. The van der Waals surface area contributed by atoms with Crippen LogP contribution in [-0.4, -0.2) is 34.9 Å². The van der Waals surface area contributed by atoms with E-state index < -0.39 is 11.7 Å². The number of carbonyl (C=O) groups is 2. The molecule has 2 N–H and O–H groups in total. The standard InChI is InChI=1S/C17H17FN4O2/c18-12-3-4-15(21-17(24)22-9-1-2-10-22)14(11-12)16(23)20-13-5-7-19-8-6-13/h3-8,11H,1-2,9-10H2,(H,21,24)(H,19,20,23). The normalized spacial score (nSPS) is 13.6. The number of carbonyl (C=O) groups excluding carboxylic acids is 2. The SMILES string of the molecule is O=C(Nc1ccncc1)c1cc(F)ccc1NC(=O)N1CCCC1. The third-order valence-corrected chi connectivity index (χ3v) is 3.80. The maximum absolute atomic E-state index is 13.6. The molecule has 0 aliphatic carbocycles. The van der Waals surface area contributed by atoms with Crippen LogP contribution < -0.4 is 10.6 Å². The van der Waals surface area contributed by atoms with Crippen molar-refractivity contribution in [3.63, 3.8) is 0 Å². The van der Waals surface area contributed by atoms with Crippen molar-refractivity contribution in [3.8, 4) is 0 Å². The zero-order valence-electron chi connectivity index (χ0n) is 13.0. The van der Waals surface area contributed by atoms with E-state index >= 15 is 0 Å². The maximum Gasteiger partial charge on any atom is 0.321 e. The number of nitrogens with one attached hydrogen (secondary N) is 2. The van der Waals surface area contributed by atoms with Crippen LogP contribution >= 0.6 is 0 Å². The van der Waals surface area contributed by atoms with Crippen LogP contribution in [0.2, 0.25) is 0 Å². The molecule has 2 heterocycles. The highest BCUT2D eigenvalue weighted by molar-refractivity contribution is 6.09. The summed E-state index contributed by atoms with van der Waals surface area (Å²) in [6.45, 7) is 1.37. The monoisotopic (exact) mass is 328 g/mol. The molecule has 124 valence electrons. The van der Waals surface area contributed by atoms with Crippen molar-refractivity contribution in [1.82, 2.24) is 9.88 Å². The second-order valence-corrected chi connectivity index (χ2v) is 5.50. The molecule has 1 aromatic heterocycles. The Morgan fingerprint density at radius 2 is 1.75 bits per heavy atom. The molecule has 0 saturated carbocycles. The highest BCUT2D eigenvalue weighted by atomic mass is 19.1. The van der Waals surface area contributed by atoms with E-state index in [-0.39, 0.29) is 17.3 Å². The zero-order chi connectivity index (χ0) is 16.9. The molecule has 1 aliphatic rings. The van der Waals surface area contributed by atoms with Gasteiger partial charge in [0.25, 0.3) is 5.91 Å². The molecule has 1 saturated heterocycles. The molecule has 0 bridgehead atoms. The van der Waals surface area contributed by atoms with E-state index in [1.54, 1.807) is 17.0 Å². The second kappa shape index (κ2) is 7.08. The lowest BCUT2D eigenvalue weighted by Crippen LogP contribution is -2.32. The van der Waals surface area contributed by atoms with Gasteiger partial charge in [-0.05, 0) is 43.2 Å². The Bertz CT molecular complexity index is 746. The number of benzene rings is 1. The molecule has 2 aromatic rings. The minimum Gasteiger partial charge on any atom is -0.325 e.